The standard InChI is InChI=1S/C54H101NO5/c1-3-5-7-9-11-13-15-17-19-20-21-22-23-24-25-27-30-34-38-42-46-52(57)51(50-56)55-53(58)47-43-39-35-31-29-33-37-41-45-49-60-54(59)48-44-40-36-32-28-26-18-16-14-12-10-8-6-4-2/h10,12,16,18,42,46,51-52,56-57H,3-9,11,13-15,17,19-41,43-45,47-50H2,1-2H3,(H,55,58)/b12-10-,18-16-,46-42+. The van der Waals surface area contributed by atoms with E-state index in [4.69, 9.17) is 4.74 Å². The Morgan fingerprint density at radius 1 is 0.467 bits per heavy atom. The van der Waals surface area contributed by atoms with Crippen molar-refractivity contribution < 1.29 is 24.5 Å². The number of aliphatic hydroxyl groups excluding tert-OH is 2. The number of amides is 1. The predicted molar refractivity (Wildman–Crippen MR) is 259 cm³/mol. The molecule has 0 aromatic carbocycles. The molecule has 352 valence electrons. The summed E-state index contributed by atoms with van der Waals surface area (Å²) in [5, 5.41) is 23.1. The number of carbonyl (C=O) groups excluding carboxylic acids is 2. The van der Waals surface area contributed by atoms with Crippen LogP contribution in [0.15, 0.2) is 36.5 Å². The van der Waals surface area contributed by atoms with Gasteiger partial charge in [-0.1, -0.05) is 237 Å². The average molecular weight is 844 g/mol. The Morgan fingerprint density at radius 2 is 0.850 bits per heavy atom. The number of unbranched alkanes of at least 4 members (excludes halogenated alkanes) is 33. The molecule has 0 aliphatic carbocycles. The summed E-state index contributed by atoms with van der Waals surface area (Å²) in [6.45, 7) is 4.79. The van der Waals surface area contributed by atoms with E-state index in [2.05, 4.69) is 43.5 Å². The SMILES string of the molecule is CCCC/C=C\C/C=C\CCCCCCCC(=O)OCCCCCCCCCCCC(=O)NC(CO)C(O)/C=C/CCCCCCCCCCCCCCCCCCCC. The molecule has 0 bridgehead atoms. The smallest absolute Gasteiger partial charge is 0.305 e. The van der Waals surface area contributed by atoms with Crippen molar-refractivity contribution in [1.82, 2.24) is 5.32 Å². The summed E-state index contributed by atoms with van der Waals surface area (Å²) < 4.78 is 5.44. The molecule has 0 aliphatic heterocycles. The van der Waals surface area contributed by atoms with Gasteiger partial charge in [0.15, 0.2) is 0 Å². The summed E-state index contributed by atoms with van der Waals surface area (Å²) in [7, 11) is 0. The number of hydrogen-bond acceptors (Lipinski definition) is 5. The molecular weight excluding hydrogens is 743 g/mol. The maximum atomic E-state index is 12.4. The lowest BCUT2D eigenvalue weighted by Gasteiger charge is -2.20. The van der Waals surface area contributed by atoms with Crippen molar-refractivity contribution in [2.75, 3.05) is 13.2 Å². The van der Waals surface area contributed by atoms with Gasteiger partial charge in [0.1, 0.15) is 0 Å². The first-order chi connectivity index (χ1) is 29.5. The van der Waals surface area contributed by atoms with Crippen LogP contribution in [0, 0.1) is 0 Å². The molecule has 6 nitrogen and oxygen atoms in total. The van der Waals surface area contributed by atoms with Crippen LogP contribution in [-0.4, -0.2) is 47.4 Å². The molecule has 3 N–H and O–H groups in total. The van der Waals surface area contributed by atoms with Gasteiger partial charge < -0.3 is 20.3 Å². The fourth-order valence-electron chi connectivity index (χ4n) is 7.83. The zero-order valence-electron chi connectivity index (χ0n) is 39.9. The van der Waals surface area contributed by atoms with Gasteiger partial charge >= 0.3 is 5.97 Å². The van der Waals surface area contributed by atoms with Gasteiger partial charge in [0.2, 0.25) is 5.91 Å². The Kier molecular flexibility index (Phi) is 48.1. The van der Waals surface area contributed by atoms with Crippen LogP contribution in [0.3, 0.4) is 0 Å². The van der Waals surface area contributed by atoms with Crippen molar-refractivity contribution in [2.45, 2.75) is 283 Å². The number of ether oxygens (including phenoxy) is 1. The Labute approximate surface area is 373 Å². The molecular formula is C54H101NO5. The Morgan fingerprint density at radius 3 is 1.32 bits per heavy atom. The highest BCUT2D eigenvalue weighted by Crippen LogP contribution is 2.16. The minimum Gasteiger partial charge on any atom is -0.466 e. The van der Waals surface area contributed by atoms with Gasteiger partial charge in [0, 0.05) is 12.8 Å². The van der Waals surface area contributed by atoms with Crippen LogP contribution >= 0.6 is 0 Å². The lowest BCUT2D eigenvalue weighted by atomic mass is 10.0. The minimum absolute atomic E-state index is 0.0420. The van der Waals surface area contributed by atoms with Crippen LogP contribution in [0.25, 0.3) is 0 Å². The van der Waals surface area contributed by atoms with Crippen LogP contribution in [0.2, 0.25) is 0 Å². The maximum Gasteiger partial charge on any atom is 0.305 e. The van der Waals surface area contributed by atoms with Gasteiger partial charge in [0.25, 0.3) is 0 Å². The lowest BCUT2D eigenvalue weighted by molar-refractivity contribution is -0.143. The minimum atomic E-state index is -0.864. The first-order valence-electron chi connectivity index (χ1n) is 26.3. The molecule has 0 heterocycles. The average Bonchev–Trinajstić information content (AvgIpc) is 3.25. The molecule has 0 aromatic rings. The molecule has 6 heteroatoms. The first kappa shape index (κ1) is 58.1. The molecule has 0 saturated carbocycles. The van der Waals surface area contributed by atoms with Crippen LogP contribution < -0.4 is 5.32 Å². The number of carbonyl (C=O) groups is 2. The molecule has 0 aromatic heterocycles. The highest BCUT2D eigenvalue weighted by molar-refractivity contribution is 5.76. The van der Waals surface area contributed by atoms with E-state index in [1.54, 1.807) is 6.08 Å². The van der Waals surface area contributed by atoms with E-state index in [1.165, 1.54) is 173 Å². The second-order valence-electron chi connectivity index (χ2n) is 17.9. The van der Waals surface area contributed by atoms with Crippen molar-refractivity contribution in [1.29, 1.82) is 0 Å². The normalized spacial score (nSPS) is 12.9. The van der Waals surface area contributed by atoms with Crippen LogP contribution in [-0.2, 0) is 14.3 Å². The predicted octanol–water partition coefficient (Wildman–Crippen LogP) is 15.7. The molecule has 1 amide bonds. The third-order valence-electron chi connectivity index (χ3n) is 11.9. The summed E-state index contributed by atoms with van der Waals surface area (Å²) in [6, 6.07) is -0.650. The summed E-state index contributed by atoms with van der Waals surface area (Å²) in [4.78, 5) is 24.5. The molecule has 60 heavy (non-hydrogen) atoms. The van der Waals surface area contributed by atoms with Gasteiger partial charge in [-0.25, -0.2) is 0 Å². The number of esters is 1. The molecule has 0 saturated heterocycles. The van der Waals surface area contributed by atoms with Crippen LogP contribution in [0.1, 0.15) is 271 Å². The van der Waals surface area contributed by atoms with E-state index in [0.29, 0.717) is 19.4 Å². The highest BCUT2D eigenvalue weighted by atomic mass is 16.5. The van der Waals surface area contributed by atoms with Gasteiger partial charge in [-0.2, -0.15) is 0 Å². The number of rotatable bonds is 48. The van der Waals surface area contributed by atoms with E-state index >= 15 is 0 Å². The first-order valence-corrected chi connectivity index (χ1v) is 26.3. The maximum absolute atomic E-state index is 12.4. The summed E-state index contributed by atoms with van der Waals surface area (Å²) in [5.41, 5.74) is 0. The van der Waals surface area contributed by atoms with Crippen molar-refractivity contribution in [3.8, 4) is 0 Å². The summed E-state index contributed by atoms with van der Waals surface area (Å²) in [6.07, 6.45) is 60.0. The largest absolute Gasteiger partial charge is 0.466 e. The van der Waals surface area contributed by atoms with Crippen molar-refractivity contribution >= 4 is 11.9 Å². The second-order valence-corrected chi connectivity index (χ2v) is 17.9. The number of allylic oxidation sites excluding steroid dienone is 5. The van der Waals surface area contributed by atoms with Gasteiger partial charge in [0.05, 0.1) is 25.4 Å². The molecule has 0 fully saturated rings. The lowest BCUT2D eigenvalue weighted by Crippen LogP contribution is -2.45. The Hall–Kier alpha value is -1.92. The summed E-state index contributed by atoms with van der Waals surface area (Å²) >= 11 is 0. The fraction of sp³-hybridized carbons (Fsp3) is 0.852. The third kappa shape index (κ3) is 45.6. The van der Waals surface area contributed by atoms with E-state index in [0.717, 1.165) is 70.6 Å². The number of hydrogen-bond donors (Lipinski definition) is 3. The highest BCUT2D eigenvalue weighted by Gasteiger charge is 2.18. The van der Waals surface area contributed by atoms with Gasteiger partial charge in [-0.05, 0) is 57.8 Å². The fourth-order valence-corrected chi connectivity index (χ4v) is 7.83. The van der Waals surface area contributed by atoms with Crippen molar-refractivity contribution in [3.05, 3.63) is 36.5 Å². The quantitative estimate of drug-likeness (QED) is 0.0322. The van der Waals surface area contributed by atoms with E-state index in [1.807, 2.05) is 6.08 Å². The zero-order valence-corrected chi connectivity index (χ0v) is 39.9. The zero-order chi connectivity index (χ0) is 43.7. The van der Waals surface area contributed by atoms with Gasteiger partial charge in [-0.3, -0.25) is 9.59 Å². The Balaban J connectivity index is 3.54. The Bertz CT molecular complexity index is 977. The molecule has 0 aliphatic rings. The second kappa shape index (κ2) is 49.7. The van der Waals surface area contributed by atoms with Gasteiger partial charge in [-0.15, -0.1) is 0 Å². The van der Waals surface area contributed by atoms with E-state index < -0.39 is 12.1 Å². The van der Waals surface area contributed by atoms with E-state index in [-0.39, 0.29) is 18.5 Å². The topological polar surface area (TPSA) is 95.9 Å². The number of nitrogens with one attached hydrogen (secondary N) is 1. The van der Waals surface area contributed by atoms with Crippen molar-refractivity contribution in [3.63, 3.8) is 0 Å². The van der Waals surface area contributed by atoms with Crippen LogP contribution in [0.5, 0.6) is 0 Å². The van der Waals surface area contributed by atoms with Crippen LogP contribution in [0.4, 0.5) is 0 Å². The molecule has 0 spiro atoms. The molecule has 0 radical (unpaired) electrons. The van der Waals surface area contributed by atoms with E-state index in [9.17, 15) is 19.8 Å². The monoisotopic (exact) mass is 844 g/mol. The number of aliphatic hydroxyl groups is 2. The molecule has 2 unspecified atom stereocenters. The molecule has 2 atom stereocenters. The third-order valence-corrected chi connectivity index (χ3v) is 11.9. The molecule has 0 rings (SSSR count). The summed E-state index contributed by atoms with van der Waals surface area (Å²) in [5.74, 6) is -0.138. The van der Waals surface area contributed by atoms with Crippen molar-refractivity contribution in [2.24, 2.45) is 0 Å².